The van der Waals surface area contributed by atoms with Crippen LogP contribution in [-0.4, -0.2) is 55.4 Å². The largest absolute Gasteiger partial charge is 0.491 e. The fraction of sp³-hybridized carbons (Fsp3) is 0.128. The summed E-state index contributed by atoms with van der Waals surface area (Å²) in [4.78, 5) is 35.7. The maximum Gasteiger partial charge on any atom is 0.343 e. The first kappa shape index (κ1) is 32.1. The van der Waals surface area contributed by atoms with Gasteiger partial charge >= 0.3 is 11.9 Å². The Hall–Kier alpha value is -5.90. The molecular weight excluding hydrogens is 608 g/mol. The van der Waals surface area contributed by atoms with E-state index in [4.69, 9.17) is 33.7 Å². The van der Waals surface area contributed by atoms with Crippen LogP contribution in [0, 0.1) is 0 Å². The van der Waals surface area contributed by atoms with Crippen molar-refractivity contribution >= 4 is 23.0 Å². The van der Waals surface area contributed by atoms with Crippen molar-refractivity contribution in [3.8, 4) is 39.8 Å². The number of benzene rings is 5. The van der Waals surface area contributed by atoms with Gasteiger partial charge in [0.05, 0.1) is 53.4 Å². The number of nitrogens with zero attached hydrogens (tertiary/aromatic N) is 2. The lowest BCUT2D eigenvalue weighted by Gasteiger charge is -2.14. The molecule has 9 nitrogen and oxygen atoms in total. The number of methoxy groups -OCH3 is 1. The second-order valence-corrected chi connectivity index (χ2v) is 10.6. The number of fused-ring (bicyclic) bond motifs is 1. The van der Waals surface area contributed by atoms with Crippen LogP contribution in [-0.2, 0) is 9.47 Å². The van der Waals surface area contributed by atoms with Crippen LogP contribution < -0.4 is 14.2 Å². The number of rotatable bonds is 13. The van der Waals surface area contributed by atoms with Crippen molar-refractivity contribution in [3.63, 3.8) is 0 Å². The van der Waals surface area contributed by atoms with E-state index in [1.165, 1.54) is 0 Å². The van der Waals surface area contributed by atoms with Gasteiger partial charge in [0.15, 0.2) is 0 Å². The Morgan fingerprint density at radius 2 is 1.06 bits per heavy atom. The van der Waals surface area contributed by atoms with Gasteiger partial charge in [-0.1, -0.05) is 60.7 Å². The highest BCUT2D eigenvalue weighted by atomic mass is 16.5. The minimum absolute atomic E-state index is 0.352. The molecule has 0 saturated carbocycles. The van der Waals surface area contributed by atoms with Gasteiger partial charge in [0.25, 0.3) is 0 Å². The SMILES string of the molecule is COCCOCCOc1ccc2nc(-c3cccc(OC(=O)c4ccccc4)c3)c(-c3cccc(OC(=O)c4ccccc4)c3)nc2c1. The van der Waals surface area contributed by atoms with Gasteiger partial charge in [-0.15, -0.1) is 0 Å². The van der Waals surface area contributed by atoms with E-state index in [1.807, 2.05) is 42.5 Å². The average molecular weight is 641 g/mol. The van der Waals surface area contributed by atoms with Gasteiger partial charge in [0, 0.05) is 24.3 Å². The fourth-order valence-corrected chi connectivity index (χ4v) is 4.88. The third-order valence-corrected chi connectivity index (χ3v) is 7.22. The molecule has 0 bridgehead atoms. The lowest BCUT2D eigenvalue weighted by atomic mass is 10.0. The molecule has 0 aliphatic rings. The summed E-state index contributed by atoms with van der Waals surface area (Å²) in [5.74, 6) is 0.383. The Morgan fingerprint density at radius 3 is 1.62 bits per heavy atom. The second-order valence-electron chi connectivity index (χ2n) is 10.6. The number of carbonyl (C=O) groups excluding carboxylic acids is 2. The first-order valence-corrected chi connectivity index (χ1v) is 15.3. The normalized spacial score (nSPS) is 10.9. The van der Waals surface area contributed by atoms with Crippen molar-refractivity contribution in [3.05, 3.63) is 139 Å². The Kier molecular flexibility index (Phi) is 10.4. The zero-order chi connectivity index (χ0) is 33.1. The van der Waals surface area contributed by atoms with E-state index < -0.39 is 11.9 Å². The molecule has 6 rings (SSSR count). The second kappa shape index (κ2) is 15.6. The van der Waals surface area contributed by atoms with Crippen molar-refractivity contribution in [2.24, 2.45) is 0 Å². The summed E-state index contributed by atoms with van der Waals surface area (Å²) < 4.78 is 27.8. The highest BCUT2D eigenvalue weighted by molar-refractivity contribution is 5.92. The third-order valence-electron chi connectivity index (χ3n) is 7.22. The van der Waals surface area contributed by atoms with Crippen LogP contribution in [0.25, 0.3) is 33.5 Å². The number of aromatic nitrogens is 2. The molecule has 0 N–H and O–H groups in total. The highest BCUT2D eigenvalue weighted by Crippen LogP contribution is 2.35. The van der Waals surface area contributed by atoms with Crippen molar-refractivity contribution < 1.29 is 33.3 Å². The van der Waals surface area contributed by atoms with Gasteiger partial charge in [-0.2, -0.15) is 0 Å². The molecule has 0 fully saturated rings. The van der Waals surface area contributed by atoms with Crippen LogP contribution in [0.1, 0.15) is 20.7 Å². The molecule has 0 spiro atoms. The molecule has 5 aromatic carbocycles. The summed E-state index contributed by atoms with van der Waals surface area (Å²) in [6.45, 7) is 1.77. The van der Waals surface area contributed by atoms with Crippen LogP contribution >= 0.6 is 0 Å². The van der Waals surface area contributed by atoms with Gasteiger partial charge in [-0.05, 0) is 60.7 Å². The summed E-state index contributed by atoms with van der Waals surface area (Å²) in [6, 6.07) is 37.3. The molecule has 1 aromatic heterocycles. The lowest BCUT2D eigenvalue weighted by Crippen LogP contribution is -2.10. The van der Waals surface area contributed by atoms with Gasteiger partial charge in [-0.3, -0.25) is 0 Å². The van der Waals surface area contributed by atoms with Gasteiger partial charge in [0.2, 0.25) is 0 Å². The molecule has 0 aliphatic carbocycles. The first-order chi connectivity index (χ1) is 23.6. The smallest absolute Gasteiger partial charge is 0.343 e. The zero-order valence-electron chi connectivity index (χ0n) is 26.2. The number of esters is 2. The molecule has 0 unspecified atom stereocenters. The number of carbonyl (C=O) groups is 2. The molecule has 48 heavy (non-hydrogen) atoms. The zero-order valence-corrected chi connectivity index (χ0v) is 26.2. The molecule has 0 saturated heterocycles. The maximum atomic E-state index is 12.8. The average Bonchev–Trinajstić information content (AvgIpc) is 3.13. The topological polar surface area (TPSA) is 106 Å². The Balaban J connectivity index is 1.35. The number of hydrogen-bond acceptors (Lipinski definition) is 9. The summed E-state index contributed by atoms with van der Waals surface area (Å²) >= 11 is 0. The third kappa shape index (κ3) is 8.08. The van der Waals surface area contributed by atoms with E-state index in [1.54, 1.807) is 92.0 Å². The Morgan fingerprint density at radius 1 is 0.521 bits per heavy atom. The standard InChI is InChI=1S/C39H32N2O7/c1-44-20-21-45-22-23-46-31-18-19-34-35(26-31)41-37(30-15-9-17-33(25-30)48-39(43)28-12-6-3-7-13-28)36(40-34)29-14-8-16-32(24-29)47-38(42)27-10-4-2-5-11-27/h2-19,24-26H,20-23H2,1H3. The summed E-state index contributed by atoms with van der Waals surface area (Å²) in [5.41, 5.74) is 4.54. The van der Waals surface area contributed by atoms with Crippen LogP contribution in [0.2, 0.25) is 0 Å². The van der Waals surface area contributed by atoms with E-state index in [2.05, 4.69) is 0 Å². The van der Waals surface area contributed by atoms with E-state index in [0.29, 0.717) is 88.4 Å². The predicted molar refractivity (Wildman–Crippen MR) is 181 cm³/mol. The number of hydrogen-bond donors (Lipinski definition) is 0. The van der Waals surface area contributed by atoms with E-state index in [9.17, 15) is 9.59 Å². The van der Waals surface area contributed by atoms with E-state index >= 15 is 0 Å². The minimum Gasteiger partial charge on any atom is -0.491 e. The molecule has 0 amide bonds. The monoisotopic (exact) mass is 640 g/mol. The lowest BCUT2D eigenvalue weighted by molar-refractivity contribution is 0.0544. The number of ether oxygens (including phenoxy) is 5. The van der Waals surface area contributed by atoms with E-state index in [-0.39, 0.29) is 0 Å². The molecule has 240 valence electrons. The van der Waals surface area contributed by atoms with E-state index in [0.717, 1.165) is 0 Å². The molecule has 6 aromatic rings. The van der Waals surface area contributed by atoms with Crippen LogP contribution in [0.5, 0.6) is 17.2 Å². The summed E-state index contributed by atoms with van der Waals surface area (Å²) in [6.07, 6.45) is 0. The molecular formula is C39H32N2O7. The maximum absolute atomic E-state index is 12.8. The first-order valence-electron chi connectivity index (χ1n) is 15.3. The van der Waals surface area contributed by atoms with Crippen molar-refractivity contribution in [1.29, 1.82) is 0 Å². The molecule has 1 heterocycles. The minimum atomic E-state index is -0.474. The van der Waals surface area contributed by atoms with Gasteiger partial charge in [-0.25, -0.2) is 19.6 Å². The van der Waals surface area contributed by atoms with Crippen LogP contribution in [0.4, 0.5) is 0 Å². The van der Waals surface area contributed by atoms with Crippen LogP contribution in [0.3, 0.4) is 0 Å². The molecule has 9 heteroatoms. The highest BCUT2D eigenvalue weighted by Gasteiger charge is 2.17. The summed E-state index contributed by atoms with van der Waals surface area (Å²) in [5, 5.41) is 0. The predicted octanol–water partition coefficient (Wildman–Crippen LogP) is 7.44. The van der Waals surface area contributed by atoms with Gasteiger partial charge < -0.3 is 23.7 Å². The fourth-order valence-electron chi connectivity index (χ4n) is 4.88. The van der Waals surface area contributed by atoms with Crippen molar-refractivity contribution in [2.75, 3.05) is 33.5 Å². The Bertz CT molecular complexity index is 2020. The summed E-state index contributed by atoms with van der Waals surface area (Å²) in [7, 11) is 1.63. The van der Waals surface area contributed by atoms with Gasteiger partial charge in [0.1, 0.15) is 23.9 Å². The molecule has 0 radical (unpaired) electrons. The van der Waals surface area contributed by atoms with Crippen molar-refractivity contribution in [2.45, 2.75) is 0 Å². The quantitative estimate of drug-likeness (QED) is 0.0723. The molecule has 0 aliphatic heterocycles. The Labute approximate surface area is 277 Å². The van der Waals surface area contributed by atoms with Crippen LogP contribution in [0.15, 0.2) is 127 Å². The molecule has 0 atom stereocenters. The van der Waals surface area contributed by atoms with Crippen molar-refractivity contribution in [1.82, 2.24) is 9.97 Å².